The highest BCUT2D eigenvalue weighted by Crippen LogP contribution is 2.45. The lowest BCUT2D eigenvalue weighted by molar-refractivity contribution is -0.121. The number of carbonyl (C=O) groups excluding carboxylic acids is 1. The number of aliphatic hydroxyl groups excluding tert-OH is 1. The van der Waals surface area contributed by atoms with E-state index in [1.54, 1.807) is 0 Å². The zero-order valence-corrected chi connectivity index (χ0v) is 16.0. The Hall–Kier alpha value is -0.710. The summed E-state index contributed by atoms with van der Waals surface area (Å²) in [6, 6.07) is 0. The molecule has 4 nitrogen and oxygen atoms in total. The van der Waals surface area contributed by atoms with Crippen LogP contribution >= 0.6 is 0 Å². The molecular formula is C21H36O4. The predicted molar refractivity (Wildman–Crippen MR) is 99.5 cm³/mol. The van der Waals surface area contributed by atoms with Crippen LogP contribution in [0.4, 0.5) is 0 Å². The van der Waals surface area contributed by atoms with E-state index in [0.717, 1.165) is 25.7 Å². The molecule has 25 heavy (non-hydrogen) atoms. The SMILES string of the molecule is CCCCCCC(O)C=C[C@H]1[C@@H](CC(=O)CCOCC)[C@H]2CC[C@@H]1O2. The molecule has 2 fully saturated rings. The highest BCUT2D eigenvalue weighted by Gasteiger charge is 2.48. The molecule has 2 saturated heterocycles. The van der Waals surface area contributed by atoms with E-state index in [-0.39, 0.29) is 35.9 Å². The fourth-order valence-electron chi connectivity index (χ4n) is 4.17. The second kappa shape index (κ2) is 11.1. The van der Waals surface area contributed by atoms with E-state index in [9.17, 15) is 9.90 Å². The third-order valence-electron chi connectivity index (χ3n) is 5.59. The normalized spacial score (nSPS) is 29.6. The van der Waals surface area contributed by atoms with Crippen LogP contribution in [0, 0.1) is 11.8 Å². The first-order valence-electron chi connectivity index (χ1n) is 10.3. The van der Waals surface area contributed by atoms with Gasteiger partial charge in [-0.1, -0.05) is 44.8 Å². The number of Topliss-reactive ketones (excluding diaryl/α,β-unsaturated/α-hetero) is 1. The number of unbranched alkanes of at least 4 members (excludes halogenated alkanes) is 3. The molecule has 0 aromatic rings. The van der Waals surface area contributed by atoms with Crippen molar-refractivity contribution in [1.29, 1.82) is 0 Å². The molecule has 0 radical (unpaired) electrons. The number of carbonyl (C=O) groups is 1. The van der Waals surface area contributed by atoms with Gasteiger partial charge in [-0.25, -0.2) is 0 Å². The lowest BCUT2D eigenvalue weighted by Gasteiger charge is -2.25. The zero-order valence-electron chi connectivity index (χ0n) is 16.0. The molecule has 0 aromatic carbocycles. The molecule has 2 heterocycles. The van der Waals surface area contributed by atoms with Crippen LogP contribution in [0.15, 0.2) is 12.2 Å². The summed E-state index contributed by atoms with van der Waals surface area (Å²) < 4.78 is 11.3. The van der Waals surface area contributed by atoms with Gasteiger partial charge in [-0.05, 0) is 26.2 Å². The summed E-state index contributed by atoms with van der Waals surface area (Å²) >= 11 is 0. The summed E-state index contributed by atoms with van der Waals surface area (Å²) in [5, 5.41) is 10.2. The minimum atomic E-state index is -0.370. The number of fused-ring (bicyclic) bond motifs is 2. The van der Waals surface area contributed by atoms with Gasteiger partial charge in [0.1, 0.15) is 5.78 Å². The van der Waals surface area contributed by atoms with Gasteiger partial charge in [0, 0.05) is 31.3 Å². The molecule has 0 aliphatic carbocycles. The van der Waals surface area contributed by atoms with Crippen LogP contribution in [0.2, 0.25) is 0 Å². The monoisotopic (exact) mass is 352 g/mol. The molecule has 0 saturated carbocycles. The Kier molecular flexibility index (Phi) is 9.14. The molecule has 2 aliphatic rings. The van der Waals surface area contributed by atoms with Gasteiger partial charge in [0.05, 0.1) is 24.9 Å². The van der Waals surface area contributed by atoms with E-state index >= 15 is 0 Å². The van der Waals surface area contributed by atoms with Gasteiger partial charge in [-0.3, -0.25) is 4.79 Å². The van der Waals surface area contributed by atoms with Crippen molar-refractivity contribution in [3.05, 3.63) is 12.2 Å². The molecule has 0 spiro atoms. The average Bonchev–Trinajstić information content (AvgIpc) is 3.19. The van der Waals surface area contributed by atoms with Crippen LogP contribution in [0.1, 0.15) is 71.6 Å². The topological polar surface area (TPSA) is 55.8 Å². The maximum Gasteiger partial charge on any atom is 0.135 e. The highest BCUT2D eigenvalue weighted by atomic mass is 16.5. The predicted octanol–water partition coefficient (Wildman–Crippen LogP) is 4.05. The number of hydrogen-bond donors (Lipinski definition) is 1. The summed E-state index contributed by atoms with van der Waals surface area (Å²) in [6.07, 6.45) is 12.9. The van der Waals surface area contributed by atoms with Crippen molar-refractivity contribution in [2.75, 3.05) is 13.2 Å². The fourth-order valence-corrected chi connectivity index (χ4v) is 4.17. The Morgan fingerprint density at radius 3 is 2.80 bits per heavy atom. The highest BCUT2D eigenvalue weighted by molar-refractivity contribution is 5.78. The lowest BCUT2D eigenvalue weighted by atomic mass is 9.76. The van der Waals surface area contributed by atoms with Gasteiger partial charge >= 0.3 is 0 Å². The summed E-state index contributed by atoms with van der Waals surface area (Å²) in [6.45, 7) is 5.32. The summed E-state index contributed by atoms with van der Waals surface area (Å²) in [5.41, 5.74) is 0. The van der Waals surface area contributed by atoms with E-state index < -0.39 is 0 Å². The van der Waals surface area contributed by atoms with Crippen LogP contribution in [-0.2, 0) is 14.3 Å². The molecule has 2 rings (SSSR count). The average molecular weight is 353 g/mol. The van der Waals surface area contributed by atoms with Crippen LogP contribution in [0.5, 0.6) is 0 Å². The third-order valence-corrected chi connectivity index (χ3v) is 5.59. The Labute approximate surface area is 153 Å². The van der Waals surface area contributed by atoms with E-state index in [0.29, 0.717) is 26.1 Å². The lowest BCUT2D eigenvalue weighted by Crippen LogP contribution is -2.28. The molecule has 0 amide bonds. The van der Waals surface area contributed by atoms with Gasteiger partial charge in [0.25, 0.3) is 0 Å². The van der Waals surface area contributed by atoms with Gasteiger partial charge in [-0.2, -0.15) is 0 Å². The van der Waals surface area contributed by atoms with E-state index in [4.69, 9.17) is 9.47 Å². The number of hydrogen-bond acceptors (Lipinski definition) is 4. The minimum absolute atomic E-state index is 0.220. The molecular weight excluding hydrogens is 316 g/mol. The van der Waals surface area contributed by atoms with Gasteiger partial charge < -0.3 is 14.6 Å². The molecule has 1 N–H and O–H groups in total. The molecule has 5 atom stereocenters. The van der Waals surface area contributed by atoms with Gasteiger partial charge in [0.15, 0.2) is 0 Å². The quantitative estimate of drug-likeness (QED) is 0.401. The van der Waals surface area contributed by atoms with Crippen molar-refractivity contribution in [2.24, 2.45) is 11.8 Å². The Morgan fingerprint density at radius 1 is 1.24 bits per heavy atom. The fraction of sp³-hybridized carbons (Fsp3) is 0.857. The van der Waals surface area contributed by atoms with Crippen LogP contribution in [-0.4, -0.2) is 42.4 Å². The molecule has 2 aliphatic heterocycles. The second-order valence-electron chi connectivity index (χ2n) is 7.52. The second-order valence-corrected chi connectivity index (χ2v) is 7.52. The van der Waals surface area contributed by atoms with Crippen molar-refractivity contribution >= 4 is 5.78 Å². The van der Waals surface area contributed by atoms with Crippen LogP contribution in [0.3, 0.4) is 0 Å². The molecule has 144 valence electrons. The minimum Gasteiger partial charge on any atom is -0.389 e. The van der Waals surface area contributed by atoms with Crippen molar-refractivity contribution in [3.63, 3.8) is 0 Å². The number of ether oxygens (including phenoxy) is 2. The van der Waals surface area contributed by atoms with Crippen molar-refractivity contribution < 1.29 is 19.4 Å². The maximum absolute atomic E-state index is 12.2. The first-order chi connectivity index (χ1) is 12.2. The summed E-state index contributed by atoms with van der Waals surface area (Å²) in [7, 11) is 0. The largest absolute Gasteiger partial charge is 0.389 e. The number of ketones is 1. The standard InChI is InChI=1S/C21H36O4/c1-3-5-6-7-8-16(22)9-10-18-19(21-12-11-20(18)25-21)15-17(23)13-14-24-4-2/h9-10,16,18-22H,3-8,11-15H2,1-2H3/t16?,18-,19+,20-,21+/m0/s1. The Bertz CT molecular complexity index is 420. The van der Waals surface area contributed by atoms with Crippen LogP contribution in [0.25, 0.3) is 0 Å². The number of aliphatic hydroxyl groups is 1. The zero-order chi connectivity index (χ0) is 18.1. The third kappa shape index (κ3) is 6.50. The van der Waals surface area contributed by atoms with Crippen molar-refractivity contribution in [3.8, 4) is 0 Å². The molecule has 4 heteroatoms. The van der Waals surface area contributed by atoms with Gasteiger partial charge in [0.2, 0.25) is 0 Å². The van der Waals surface area contributed by atoms with E-state index in [2.05, 4.69) is 13.0 Å². The Balaban J connectivity index is 1.80. The van der Waals surface area contributed by atoms with Gasteiger partial charge in [-0.15, -0.1) is 0 Å². The first kappa shape index (κ1) is 20.6. The number of rotatable bonds is 13. The first-order valence-corrected chi connectivity index (χ1v) is 10.3. The molecule has 2 bridgehead atoms. The van der Waals surface area contributed by atoms with E-state index in [1.807, 2.05) is 13.0 Å². The molecule has 0 aromatic heterocycles. The van der Waals surface area contributed by atoms with Crippen LogP contribution < -0.4 is 0 Å². The summed E-state index contributed by atoms with van der Waals surface area (Å²) in [4.78, 5) is 12.2. The Morgan fingerprint density at radius 2 is 2.04 bits per heavy atom. The smallest absolute Gasteiger partial charge is 0.135 e. The maximum atomic E-state index is 12.2. The molecule has 1 unspecified atom stereocenters. The summed E-state index contributed by atoms with van der Waals surface area (Å²) in [5.74, 6) is 0.824. The van der Waals surface area contributed by atoms with Crippen molar-refractivity contribution in [1.82, 2.24) is 0 Å². The van der Waals surface area contributed by atoms with Crippen molar-refractivity contribution in [2.45, 2.75) is 89.9 Å². The van der Waals surface area contributed by atoms with E-state index in [1.165, 1.54) is 19.3 Å².